The maximum Gasteiger partial charge on any atom is 0.137 e. The van der Waals surface area contributed by atoms with Crippen LogP contribution in [0.4, 0.5) is 0 Å². The lowest BCUT2D eigenvalue weighted by Gasteiger charge is -2.20. The molecule has 0 aliphatic carbocycles. The summed E-state index contributed by atoms with van der Waals surface area (Å²) in [5, 5.41) is 19.5. The highest BCUT2D eigenvalue weighted by atomic mass is 28.3. The van der Waals surface area contributed by atoms with E-state index in [4.69, 9.17) is 9.47 Å². The molecule has 2 N–H and O–H groups in total. The molecule has 0 rings (SSSR count). The summed E-state index contributed by atoms with van der Waals surface area (Å²) < 4.78 is 10.7. The Hall–Kier alpha value is -0.423. The number of likely N-dealkylation sites (N-methyl/N-ethyl adjacent to an activating group) is 1. The summed E-state index contributed by atoms with van der Waals surface area (Å²) in [7, 11) is 2.40. The van der Waals surface area contributed by atoms with Gasteiger partial charge < -0.3 is 24.6 Å². The summed E-state index contributed by atoms with van der Waals surface area (Å²) in [5.41, 5.74) is 3.47. The third-order valence-corrected chi connectivity index (χ3v) is 9.06. The molecule has 5 nitrogen and oxygen atoms in total. The van der Waals surface area contributed by atoms with Crippen LogP contribution in [0.3, 0.4) is 0 Å². The van der Waals surface area contributed by atoms with Gasteiger partial charge in [-0.3, -0.25) is 0 Å². The molecule has 0 radical (unpaired) electrons. The Bertz CT molecular complexity index is 356. The summed E-state index contributed by atoms with van der Waals surface area (Å²) in [6, 6.07) is 3.53. The van der Waals surface area contributed by atoms with Crippen molar-refractivity contribution in [3.63, 3.8) is 0 Å². The fourth-order valence-corrected chi connectivity index (χ4v) is 4.97. The zero-order valence-electron chi connectivity index (χ0n) is 16.2. The Morgan fingerprint density at radius 2 is 1.42 bits per heavy atom. The Morgan fingerprint density at radius 1 is 0.917 bits per heavy atom. The second-order valence-corrected chi connectivity index (χ2v) is 11.5. The number of aliphatic hydroxyl groups is 2. The van der Waals surface area contributed by atoms with Gasteiger partial charge in [0.15, 0.2) is 0 Å². The number of nitrogens with zero attached hydrogens (tertiary/aromatic N) is 1. The van der Waals surface area contributed by atoms with Gasteiger partial charge in [-0.2, -0.15) is 0 Å². The largest absolute Gasteiger partial charge is 0.390 e. The molecule has 0 saturated carbocycles. The first kappa shape index (κ1) is 23.6. The topological polar surface area (TPSA) is 62.2 Å². The van der Waals surface area contributed by atoms with E-state index < -0.39 is 20.3 Å². The predicted molar refractivity (Wildman–Crippen MR) is 102 cm³/mol. The van der Waals surface area contributed by atoms with Gasteiger partial charge in [0.2, 0.25) is 0 Å². The average Bonchev–Trinajstić information content (AvgIpc) is 2.54. The predicted octanol–water partition coefficient (Wildman–Crippen LogP) is 1.74. The first-order chi connectivity index (χ1) is 11.4. The Labute approximate surface area is 149 Å². The molecular formula is C18H37NO4Si. The SMILES string of the molecule is CC[Si](C#CCC(O)COCCOCC(O)CN(C)C)(CC)CC. The molecule has 0 spiro atoms. The Kier molecular flexibility index (Phi) is 13.6. The van der Waals surface area contributed by atoms with Crippen molar-refractivity contribution in [2.75, 3.05) is 47.1 Å². The van der Waals surface area contributed by atoms with Gasteiger partial charge >= 0.3 is 0 Å². The van der Waals surface area contributed by atoms with Crippen LogP contribution in [-0.2, 0) is 9.47 Å². The number of rotatable bonds is 13. The lowest BCUT2D eigenvalue weighted by Crippen LogP contribution is -2.30. The standard InChI is InChI=1S/C18H37NO4Si/c1-6-24(7-2,8-3)13-9-10-17(20)15-22-11-12-23-16-18(21)14-19(4)5/h17-18,20-21H,6-8,10-12,14-16H2,1-5H3. The maximum atomic E-state index is 9.91. The molecule has 0 aromatic rings. The van der Waals surface area contributed by atoms with E-state index in [1.54, 1.807) is 0 Å². The van der Waals surface area contributed by atoms with Gasteiger partial charge in [0.25, 0.3) is 0 Å². The highest BCUT2D eigenvalue weighted by molar-refractivity contribution is 6.87. The summed E-state index contributed by atoms with van der Waals surface area (Å²) >= 11 is 0. The molecule has 24 heavy (non-hydrogen) atoms. The second-order valence-electron chi connectivity index (χ2n) is 6.57. The molecule has 0 heterocycles. The third-order valence-electron chi connectivity index (χ3n) is 4.29. The van der Waals surface area contributed by atoms with Crippen molar-refractivity contribution < 1.29 is 19.7 Å². The van der Waals surface area contributed by atoms with E-state index in [-0.39, 0.29) is 6.61 Å². The van der Waals surface area contributed by atoms with Crippen LogP contribution in [0.5, 0.6) is 0 Å². The molecule has 2 unspecified atom stereocenters. The number of hydrogen-bond donors (Lipinski definition) is 2. The molecule has 0 saturated heterocycles. The molecule has 142 valence electrons. The van der Waals surface area contributed by atoms with E-state index in [0.717, 1.165) is 0 Å². The van der Waals surface area contributed by atoms with E-state index in [9.17, 15) is 10.2 Å². The van der Waals surface area contributed by atoms with E-state index >= 15 is 0 Å². The van der Waals surface area contributed by atoms with Crippen LogP contribution in [0, 0.1) is 11.5 Å². The summed E-state index contributed by atoms with van der Waals surface area (Å²) in [6.07, 6.45) is -0.563. The van der Waals surface area contributed by atoms with Crippen LogP contribution >= 0.6 is 0 Å². The fourth-order valence-electron chi connectivity index (χ4n) is 2.46. The number of ether oxygens (including phenoxy) is 2. The van der Waals surface area contributed by atoms with Crippen LogP contribution in [-0.4, -0.2) is 82.5 Å². The van der Waals surface area contributed by atoms with Crippen LogP contribution in [0.1, 0.15) is 27.2 Å². The first-order valence-corrected chi connectivity index (χ1v) is 11.7. The van der Waals surface area contributed by atoms with Crippen molar-refractivity contribution in [2.45, 2.75) is 57.5 Å². The molecule has 0 bridgehead atoms. The van der Waals surface area contributed by atoms with Gasteiger partial charge in [0, 0.05) is 13.0 Å². The quantitative estimate of drug-likeness (QED) is 0.298. The maximum absolute atomic E-state index is 9.91. The minimum atomic E-state index is -1.42. The van der Waals surface area contributed by atoms with Gasteiger partial charge in [0.1, 0.15) is 8.07 Å². The molecule has 0 fully saturated rings. The molecule has 0 aliphatic heterocycles. The van der Waals surface area contributed by atoms with Gasteiger partial charge in [-0.25, -0.2) is 0 Å². The van der Waals surface area contributed by atoms with Crippen molar-refractivity contribution in [3.8, 4) is 11.5 Å². The molecule has 0 amide bonds. The normalized spacial score (nSPS) is 14.3. The van der Waals surface area contributed by atoms with Crippen LogP contribution in [0.15, 0.2) is 0 Å². The van der Waals surface area contributed by atoms with Crippen molar-refractivity contribution in [3.05, 3.63) is 0 Å². The van der Waals surface area contributed by atoms with E-state index in [2.05, 4.69) is 32.2 Å². The third kappa shape index (κ3) is 11.2. The lowest BCUT2D eigenvalue weighted by molar-refractivity contribution is -0.0198. The first-order valence-electron chi connectivity index (χ1n) is 9.05. The monoisotopic (exact) mass is 359 g/mol. The van der Waals surface area contributed by atoms with E-state index in [0.29, 0.717) is 32.8 Å². The van der Waals surface area contributed by atoms with Gasteiger partial charge in [-0.05, 0) is 32.2 Å². The van der Waals surface area contributed by atoms with Crippen molar-refractivity contribution in [1.82, 2.24) is 4.90 Å². The summed E-state index contributed by atoms with van der Waals surface area (Å²) in [4.78, 5) is 1.91. The smallest absolute Gasteiger partial charge is 0.137 e. The molecular weight excluding hydrogens is 322 g/mol. The van der Waals surface area contributed by atoms with E-state index in [1.165, 1.54) is 18.1 Å². The fraction of sp³-hybridized carbons (Fsp3) is 0.889. The van der Waals surface area contributed by atoms with Crippen LogP contribution in [0.2, 0.25) is 18.1 Å². The molecule has 2 atom stereocenters. The van der Waals surface area contributed by atoms with Gasteiger partial charge in [-0.15, -0.1) is 11.5 Å². The molecule has 0 aromatic heterocycles. The average molecular weight is 360 g/mol. The number of aliphatic hydroxyl groups excluding tert-OH is 2. The Balaban J connectivity index is 3.79. The molecule has 6 heteroatoms. The highest BCUT2D eigenvalue weighted by Gasteiger charge is 2.24. The summed E-state index contributed by atoms with van der Waals surface area (Å²) in [5.74, 6) is 3.18. The molecule has 0 aliphatic rings. The Morgan fingerprint density at radius 3 is 1.88 bits per heavy atom. The van der Waals surface area contributed by atoms with Crippen molar-refractivity contribution in [2.24, 2.45) is 0 Å². The minimum absolute atomic E-state index is 0.275. The highest BCUT2D eigenvalue weighted by Crippen LogP contribution is 2.18. The molecule has 0 aromatic carbocycles. The zero-order valence-corrected chi connectivity index (χ0v) is 17.2. The van der Waals surface area contributed by atoms with Gasteiger partial charge in [0.05, 0.1) is 38.6 Å². The summed E-state index contributed by atoms with van der Waals surface area (Å²) in [6.45, 7) is 8.66. The van der Waals surface area contributed by atoms with Crippen molar-refractivity contribution in [1.29, 1.82) is 0 Å². The second kappa shape index (κ2) is 13.8. The lowest BCUT2D eigenvalue weighted by atomic mass is 10.3. The van der Waals surface area contributed by atoms with E-state index in [1.807, 2.05) is 19.0 Å². The van der Waals surface area contributed by atoms with Crippen LogP contribution in [0.25, 0.3) is 0 Å². The minimum Gasteiger partial charge on any atom is -0.390 e. The number of hydrogen-bond acceptors (Lipinski definition) is 5. The van der Waals surface area contributed by atoms with Crippen molar-refractivity contribution >= 4 is 8.07 Å². The van der Waals surface area contributed by atoms with Crippen LogP contribution < -0.4 is 0 Å². The van der Waals surface area contributed by atoms with Gasteiger partial charge in [-0.1, -0.05) is 20.8 Å². The zero-order chi connectivity index (χ0) is 18.4.